The number of methoxy groups -OCH3 is 1. The Morgan fingerprint density at radius 1 is 1.26 bits per heavy atom. The first-order valence-corrected chi connectivity index (χ1v) is 8.14. The maximum atomic E-state index is 12.5. The van der Waals surface area contributed by atoms with Crippen molar-refractivity contribution in [2.24, 2.45) is 0 Å². The van der Waals surface area contributed by atoms with Crippen molar-refractivity contribution in [3.05, 3.63) is 57.5 Å². The van der Waals surface area contributed by atoms with Gasteiger partial charge in [0, 0.05) is 20.2 Å². The van der Waals surface area contributed by atoms with Crippen LogP contribution in [0.3, 0.4) is 0 Å². The van der Waals surface area contributed by atoms with Crippen molar-refractivity contribution < 1.29 is 4.74 Å². The molecule has 1 aromatic heterocycles. The summed E-state index contributed by atoms with van der Waals surface area (Å²) in [5.74, 6) is 0. The molecule has 0 aliphatic carbocycles. The number of ether oxygens (including phenoxy) is 1. The smallest absolute Gasteiger partial charge is 0.287 e. The Kier molecular flexibility index (Phi) is 4.98. The molecule has 1 aliphatic heterocycles. The van der Waals surface area contributed by atoms with E-state index in [2.05, 4.69) is 10.00 Å². The maximum Gasteiger partial charge on any atom is 0.287 e. The lowest BCUT2D eigenvalue weighted by molar-refractivity contribution is 0.0819. The molecule has 122 valence electrons. The van der Waals surface area contributed by atoms with Crippen molar-refractivity contribution in [1.82, 2.24) is 9.78 Å². The Hall–Kier alpha value is -1.85. The molecule has 1 aromatic carbocycles. The second-order valence-electron chi connectivity index (χ2n) is 5.71. The third-order valence-electron chi connectivity index (χ3n) is 4.26. The standard InChI is InChI=1S/C17H20ClN3O2/c1-23-14-7-9-20(10-8-14)15-11-19-21(17(22)16(15)18)12-13-5-3-2-4-6-13/h2-6,11,14H,7-10,12H2,1H3. The molecule has 2 heterocycles. The first-order chi connectivity index (χ1) is 11.2. The molecule has 0 spiro atoms. The normalized spacial score (nSPS) is 15.8. The van der Waals surface area contributed by atoms with Crippen LogP contribution in [0.25, 0.3) is 0 Å². The highest BCUT2D eigenvalue weighted by Crippen LogP contribution is 2.25. The van der Waals surface area contributed by atoms with E-state index in [4.69, 9.17) is 16.3 Å². The van der Waals surface area contributed by atoms with Crippen LogP contribution < -0.4 is 10.5 Å². The predicted molar refractivity (Wildman–Crippen MR) is 91.3 cm³/mol. The van der Waals surface area contributed by atoms with E-state index >= 15 is 0 Å². The monoisotopic (exact) mass is 333 g/mol. The van der Waals surface area contributed by atoms with E-state index in [9.17, 15) is 4.79 Å². The molecule has 0 atom stereocenters. The van der Waals surface area contributed by atoms with Gasteiger partial charge in [0.15, 0.2) is 0 Å². The lowest BCUT2D eigenvalue weighted by Crippen LogP contribution is -2.38. The summed E-state index contributed by atoms with van der Waals surface area (Å²) in [5, 5.41) is 4.54. The zero-order chi connectivity index (χ0) is 16.2. The Morgan fingerprint density at radius 2 is 1.96 bits per heavy atom. The van der Waals surface area contributed by atoms with Crippen LogP contribution in [0.1, 0.15) is 18.4 Å². The number of hydrogen-bond donors (Lipinski definition) is 0. The lowest BCUT2D eigenvalue weighted by atomic mass is 10.1. The average Bonchev–Trinajstić information content (AvgIpc) is 2.60. The number of hydrogen-bond acceptors (Lipinski definition) is 4. The van der Waals surface area contributed by atoms with Gasteiger partial charge in [0.1, 0.15) is 5.02 Å². The van der Waals surface area contributed by atoms with Gasteiger partial charge < -0.3 is 9.64 Å². The molecule has 2 aromatic rings. The summed E-state index contributed by atoms with van der Waals surface area (Å²) in [5.41, 5.74) is 1.49. The van der Waals surface area contributed by atoms with Gasteiger partial charge in [0.05, 0.1) is 24.5 Å². The SMILES string of the molecule is COC1CCN(c2cnn(Cc3ccccc3)c(=O)c2Cl)CC1. The number of anilines is 1. The summed E-state index contributed by atoms with van der Waals surface area (Å²) in [4.78, 5) is 14.6. The molecular weight excluding hydrogens is 314 g/mol. The van der Waals surface area contributed by atoms with Crippen molar-refractivity contribution in [2.45, 2.75) is 25.5 Å². The highest BCUT2D eigenvalue weighted by Gasteiger charge is 2.22. The number of rotatable bonds is 4. The lowest BCUT2D eigenvalue weighted by Gasteiger charge is -2.33. The third kappa shape index (κ3) is 3.57. The van der Waals surface area contributed by atoms with E-state index in [1.54, 1.807) is 13.3 Å². The summed E-state index contributed by atoms with van der Waals surface area (Å²) in [7, 11) is 1.74. The molecule has 5 nitrogen and oxygen atoms in total. The molecule has 1 aliphatic rings. The Labute approximate surface area is 140 Å². The fourth-order valence-electron chi connectivity index (χ4n) is 2.88. The zero-order valence-corrected chi connectivity index (χ0v) is 13.9. The minimum atomic E-state index is -0.248. The quantitative estimate of drug-likeness (QED) is 0.862. The first-order valence-electron chi connectivity index (χ1n) is 7.76. The van der Waals surface area contributed by atoms with Crippen LogP contribution >= 0.6 is 11.6 Å². The van der Waals surface area contributed by atoms with Gasteiger partial charge in [0.2, 0.25) is 0 Å². The summed E-state index contributed by atoms with van der Waals surface area (Å²) < 4.78 is 6.78. The Bertz CT molecular complexity index is 710. The average molecular weight is 334 g/mol. The molecule has 1 fully saturated rings. The molecule has 0 radical (unpaired) electrons. The van der Waals surface area contributed by atoms with Gasteiger partial charge in [0.25, 0.3) is 5.56 Å². The molecule has 6 heteroatoms. The van der Waals surface area contributed by atoms with E-state index in [-0.39, 0.29) is 16.7 Å². The van der Waals surface area contributed by atoms with E-state index in [0.717, 1.165) is 37.2 Å². The Balaban J connectivity index is 1.80. The molecule has 0 N–H and O–H groups in total. The van der Waals surface area contributed by atoms with Gasteiger partial charge in [-0.25, -0.2) is 4.68 Å². The molecule has 0 saturated carbocycles. The number of benzene rings is 1. The molecular formula is C17H20ClN3O2. The summed E-state index contributed by atoms with van der Waals surface area (Å²) in [6, 6.07) is 9.75. The van der Waals surface area contributed by atoms with Gasteiger partial charge in [-0.2, -0.15) is 5.10 Å². The van der Waals surface area contributed by atoms with Crippen LogP contribution in [0.2, 0.25) is 5.02 Å². The van der Waals surface area contributed by atoms with Gasteiger partial charge in [-0.15, -0.1) is 0 Å². The molecule has 0 amide bonds. The van der Waals surface area contributed by atoms with E-state index < -0.39 is 0 Å². The van der Waals surface area contributed by atoms with Crippen molar-refractivity contribution in [1.29, 1.82) is 0 Å². The van der Waals surface area contributed by atoms with Crippen LogP contribution in [0.4, 0.5) is 5.69 Å². The highest BCUT2D eigenvalue weighted by molar-refractivity contribution is 6.33. The van der Waals surface area contributed by atoms with Crippen molar-refractivity contribution in [2.75, 3.05) is 25.1 Å². The highest BCUT2D eigenvalue weighted by atomic mass is 35.5. The fourth-order valence-corrected chi connectivity index (χ4v) is 3.14. The van der Waals surface area contributed by atoms with Crippen LogP contribution in [0, 0.1) is 0 Å². The minimum absolute atomic E-state index is 0.242. The van der Waals surface area contributed by atoms with Crippen LogP contribution in [-0.2, 0) is 11.3 Å². The van der Waals surface area contributed by atoms with E-state index in [0.29, 0.717) is 6.54 Å². The van der Waals surface area contributed by atoms with E-state index in [1.807, 2.05) is 30.3 Å². The number of piperidine rings is 1. The van der Waals surface area contributed by atoms with Gasteiger partial charge in [-0.3, -0.25) is 4.79 Å². The molecule has 3 rings (SSSR count). The largest absolute Gasteiger partial charge is 0.381 e. The van der Waals surface area contributed by atoms with Crippen molar-refractivity contribution >= 4 is 17.3 Å². The van der Waals surface area contributed by atoms with Crippen molar-refractivity contribution in [3.8, 4) is 0 Å². The molecule has 0 unspecified atom stereocenters. The molecule has 1 saturated heterocycles. The topological polar surface area (TPSA) is 47.4 Å². The number of aromatic nitrogens is 2. The number of nitrogens with zero attached hydrogens (tertiary/aromatic N) is 3. The summed E-state index contributed by atoms with van der Waals surface area (Å²) >= 11 is 6.32. The van der Waals surface area contributed by atoms with Crippen molar-refractivity contribution in [3.63, 3.8) is 0 Å². The minimum Gasteiger partial charge on any atom is -0.381 e. The summed E-state index contributed by atoms with van der Waals surface area (Å²) in [6.45, 7) is 2.06. The Morgan fingerprint density at radius 3 is 2.61 bits per heavy atom. The van der Waals surface area contributed by atoms with Crippen LogP contribution in [0.15, 0.2) is 41.3 Å². The maximum absolute atomic E-state index is 12.5. The van der Waals surface area contributed by atoms with Crippen LogP contribution in [0.5, 0.6) is 0 Å². The third-order valence-corrected chi connectivity index (χ3v) is 4.61. The fraction of sp³-hybridized carbons (Fsp3) is 0.412. The molecule has 0 bridgehead atoms. The molecule has 23 heavy (non-hydrogen) atoms. The van der Waals surface area contributed by atoms with Gasteiger partial charge >= 0.3 is 0 Å². The summed E-state index contributed by atoms with van der Waals surface area (Å²) in [6.07, 6.45) is 3.84. The second kappa shape index (κ2) is 7.15. The zero-order valence-electron chi connectivity index (χ0n) is 13.1. The predicted octanol–water partition coefficient (Wildman–Crippen LogP) is 2.56. The first kappa shape index (κ1) is 16.0. The number of halogens is 1. The second-order valence-corrected chi connectivity index (χ2v) is 6.09. The van der Waals surface area contributed by atoms with Crippen LogP contribution in [-0.4, -0.2) is 36.1 Å². The van der Waals surface area contributed by atoms with Gasteiger partial charge in [-0.05, 0) is 18.4 Å². The van der Waals surface area contributed by atoms with Gasteiger partial charge in [-0.1, -0.05) is 41.9 Å². The van der Waals surface area contributed by atoms with E-state index in [1.165, 1.54) is 4.68 Å².